The summed E-state index contributed by atoms with van der Waals surface area (Å²) in [4.78, 5) is 4.03. The summed E-state index contributed by atoms with van der Waals surface area (Å²) in [6.45, 7) is 2.16. The fourth-order valence-corrected chi connectivity index (χ4v) is 5.85. The lowest BCUT2D eigenvalue weighted by atomic mass is 9.99. The minimum absolute atomic E-state index is 1.30. The maximum absolute atomic E-state index is 2.39. The molecule has 5 aromatic rings. The van der Waals surface area contributed by atoms with Gasteiger partial charge in [-0.05, 0) is 111 Å². The topological polar surface area (TPSA) is 0 Å². The van der Waals surface area contributed by atoms with Crippen LogP contribution in [0.1, 0.15) is 4.88 Å². The normalized spacial score (nSPS) is 11.5. The molecule has 0 amide bonds. The molecule has 26 heavy (non-hydrogen) atoms. The van der Waals surface area contributed by atoms with Crippen molar-refractivity contribution < 1.29 is 0 Å². The van der Waals surface area contributed by atoms with Crippen molar-refractivity contribution >= 4 is 66.8 Å². The Morgan fingerprint density at radius 1 is 0.577 bits per heavy atom. The Morgan fingerprint density at radius 2 is 1.15 bits per heavy atom. The van der Waals surface area contributed by atoms with Crippen LogP contribution in [-0.2, 0) is 0 Å². The minimum atomic E-state index is 1.30. The fraction of sp³-hybridized carbons (Fsp3) is 0.0435. The quantitative estimate of drug-likeness (QED) is 0.175. The van der Waals surface area contributed by atoms with E-state index in [1.807, 2.05) is 22.7 Å². The number of rotatable bonds is 2. The standard InChI is InChI=1S/C23H15IS2/c1-14-2-7-21(25-14)17-5-3-15-11-20-13-18(22-8-9-23(24)26-22)6-4-16(20)10-19(15)12-17/h2-13H,1H3. The van der Waals surface area contributed by atoms with Crippen LogP contribution in [0.25, 0.3) is 42.4 Å². The molecule has 126 valence electrons. The average Bonchev–Trinajstić information content (AvgIpc) is 3.27. The van der Waals surface area contributed by atoms with E-state index in [1.54, 1.807) is 0 Å². The summed E-state index contributed by atoms with van der Waals surface area (Å²) >= 11 is 6.08. The highest BCUT2D eigenvalue weighted by molar-refractivity contribution is 14.1. The van der Waals surface area contributed by atoms with Crippen molar-refractivity contribution in [3.8, 4) is 20.9 Å². The Balaban J connectivity index is 1.64. The predicted molar refractivity (Wildman–Crippen MR) is 126 cm³/mol. The van der Waals surface area contributed by atoms with Crippen LogP contribution >= 0.6 is 45.3 Å². The van der Waals surface area contributed by atoms with E-state index in [-0.39, 0.29) is 0 Å². The molecule has 0 aliphatic carbocycles. The summed E-state index contributed by atoms with van der Waals surface area (Å²) in [7, 11) is 0. The maximum Gasteiger partial charge on any atom is 0.0660 e. The summed E-state index contributed by atoms with van der Waals surface area (Å²) in [5.74, 6) is 0. The summed E-state index contributed by atoms with van der Waals surface area (Å²) in [6.07, 6.45) is 0. The molecule has 0 atom stereocenters. The largest absolute Gasteiger partial charge is 0.141 e. The highest BCUT2D eigenvalue weighted by Gasteiger charge is 2.06. The van der Waals surface area contributed by atoms with Crippen molar-refractivity contribution in [1.29, 1.82) is 0 Å². The van der Waals surface area contributed by atoms with Crippen molar-refractivity contribution in [2.24, 2.45) is 0 Å². The van der Waals surface area contributed by atoms with E-state index in [9.17, 15) is 0 Å². The molecular weight excluding hydrogens is 467 g/mol. The van der Waals surface area contributed by atoms with Crippen molar-refractivity contribution in [3.05, 3.63) is 80.6 Å². The van der Waals surface area contributed by atoms with Crippen LogP contribution < -0.4 is 0 Å². The van der Waals surface area contributed by atoms with E-state index in [2.05, 4.69) is 102 Å². The SMILES string of the molecule is Cc1ccc(-c2ccc3cc4cc(-c5ccc(I)s5)ccc4cc3c2)s1. The highest BCUT2D eigenvalue weighted by atomic mass is 127. The van der Waals surface area contributed by atoms with Gasteiger partial charge in [0.05, 0.1) is 2.88 Å². The molecule has 0 spiro atoms. The minimum Gasteiger partial charge on any atom is -0.141 e. The maximum atomic E-state index is 2.39. The van der Waals surface area contributed by atoms with Gasteiger partial charge in [0.25, 0.3) is 0 Å². The molecule has 0 aliphatic heterocycles. The van der Waals surface area contributed by atoms with Gasteiger partial charge in [-0.2, -0.15) is 0 Å². The van der Waals surface area contributed by atoms with Crippen molar-refractivity contribution in [3.63, 3.8) is 0 Å². The van der Waals surface area contributed by atoms with Gasteiger partial charge < -0.3 is 0 Å². The number of hydrogen-bond acceptors (Lipinski definition) is 2. The van der Waals surface area contributed by atoms with E-state index in [4.69, 9.17) is 0 Å². The lowest BCUT2D eigenvalue weighted by Gasteiger charge is -2.07. The monoisotopic (exact) mass is 482 g/mol. The van der Waals surface area contributed by atoms with Crippen LogP contribution in [0.3, 0.4) is 0 Å². The molecule has 0 saturated carbocycles. The second-order valence-corrected chi connectivity index (χ2v) is 10.8. The van der Waals surface area contributed by atoms with Crippen molar-refractivity contribution in [2.45, 2.75) is 6.92 Å². The molecule has 0 N–H and O–H groups in total. The van der Waals surface area contributed by atoms with Crippen molar-refractivity contribution in [1.82, 2.24) is 0 Å². The van der Waals surface area contributed by atoms with E-state index in [1.165, 1.54) is 50.2 Å². The van der Waals surface area contributed by atoms with E-state index in [0.717, 1.165) is 0 Å². The summed E-state index contributed by atoms with van der Waals surface area (Å²) in [6, 6.07) is 27.0. The number of hydrogen-bond donors (Lipinski definition) is 0. The molecule has 2 aromatic heterocycles. The molecule has 0 bridgehead atoms. The number of thiophene rings is 2. The van der Waals surface area contributed by atoms with Crippen LogP contribution in [0.15, 0.2) is 72.8 Å². The molecule has 0 saturated heterocycles. The van der Waals surface area contributed by atoms with Gasteiger partial charge in [0, 0.05) is 14.6 Å². The summed E-state index contributed by atoms with van der Waals surface area (Å²) in [5.41, 5.74) is 2.61. The lowest BCUT2D eigenvalue weighted by Crippen LogP contribution is -1.80. The first-order chi connectivity index (χ1) is 12.7. The zero-order valence-electron chi connectivity index (χ0n) is 14.1. The van der Waals surface area contributed by atoms with Crippen LogP contribution in [0, 0.1) is 9.81 Å². The van der Waals surface area contributed by atoms with Gasteiger partial charge in [0.1, 0.15) is 0 Å². The van der Waals surface area contributed by atoms with E-state index < -0.39 is 0 Å². The van der Waals surface area contributed by atoms with Crippen LogP contribution in [0.4, 0.5) is 0 Å². The third-order valence-corrected chi connectivity index (χ3v) is 7.67. The molecule has 0 aliphatic rings. The van der Waals surface area contributed by atoms with Gasteiger partial charge in [-0.25, -0.2) is 0 Å². The molecule has 0 fully saturated rings. The number of halogens is 1. The number of benzene rings is 3. The predicted octanol–water partition coefficient (Wildman–Crippen LogP) is 8.36. The molecular formula is C23H15IS2. The first kappa shape index (κ1) is 16.5. The third-order valence-electron chi connectivity index (χ3n) is 4.68. The smallest absolute Gasteiger partial charge is 0.0660 e. The Bertz CT molecular complexity index is 1160. The van der Waals surface area contributed by atoms with Gasteiger partial charge in [-0.15, -0.1) is 22.7 Å². The van der Waals surface area contributed by atoms with Gasteiger partial charge in [0.15, 0.2) is 0 Å². The Hall–Kier alpha value is -1.69. The molecule has 3 aromatic carbocycles. The first-order valence-corrected chi connectivity index (χ1v) is 11.2. The average molecular weight is 482 g/mol. The van der Waals surface area contributed by atoms with Gasteiger partial charge in [-0.3, -0.25) is 0 Å². The number of aryl methyl sites for hydroxylation is 1. The molecule has 0 nitrogen and oxygen atoms in total. The Kier molecular flexibility index (Phi) is 4.11. The Morgan fingerprint density at radius 3 is 1.65 bits per heavy atom. The second-order valence-electron chi connectivity index (χ2n) is 6.49. The zero-order valence-corrected chi connectivity index (χ0v) is 17.9. The van der Waals surface area contributed by atoms with Crippen LogP contribution in [-0.4, -0.2) is 0 Å². The van der Waals surface area contributed by atoms with Gasteiger partial charge >= 0.3 is 0 Å². The second kappa shape index (κ2) is 6.48. The van der Waals surface area contributed by atoms with Crippen LogP contribution in [0.2, 0.25) is 0 Å². The molecule has 0 unspecified atom stereocenters. The molecule has 3 heteroatoms. The third kappa shape index (κ3) is 2.98. The fourth-order valence-electron chi connectivity index (χ4n) is 3.36. The van der Waals surface area contributed by atoms with E-state index in [0.29, 0.717) is 0 Å². The molecule has 0 radical (unpaired) electrons. The number of fused-ring (bicyclic) bond motifs is 2. The first-order valence-electron chi connectivity index (χ1n) is 8.46. The Labute approximate surface area is 174 Å². The lowest BCUT2D eigenvalue weighted by molar-refractivity contribution is 1.64. The van der Waals surface area contributed by atoms with E-state index >= 15 is 0 Å². The summed E-state index contributed by atoms with van der Waals surface area (Å²) < 4.78 is 1.33. The summed E-state index contributed by atoms with van der Waals surface area (Å²) in [5, 5.41) is 5.21. The van der Waals surface area contributed by atoms with Crippen LogP contribution in [0.5, 0.6) is 0 Å². The zero-order chi connectivity index (χ0) is 17.7. The highest BCUT2D eigenvalue weighted by Crippen LogP contribution is 2.34. The van der Waals surface area contributed by atoms with Crippen molar-refractivity contribution in [2.75, 3.05) is 0 Å². The molecule has 2 heterocycles. The van der Waals surface area contributed by atoms with Gasteiger partial charge in [-0.1, -0.05) is 24.3 Å². The molecule has 5 rings (SSSR count). The van der Waals surface area contributed by atoms with Gasteiger partial charge in [0.2, 0.25) is 0 Å².